The lowest BCUT2D eigenvalue weighted by Crippen LogP contribution is -2.35. The summed E-state index contributed by atoms with van der Waals surface area (Å²) in [5.74, 6) is -0.244. The molecule has 0 radical (unpaired) electrons. The standard InChI is InChI=1S/C18H20O3.H3P/c1-12-10-13(2)16(14(3)11-12)17(19)18(4,21-20)15-8-6-5-7-9-15;/h5-11,20H,1-4H3;1H3. The Morgan fingerprint density at radius 1 is 1.05 bits per heavy atom. The molecule has 0 saturated heterocycles. The van der Waals surface area contributed by atoms with E-state index in [9.17, 15) is 10.1 Å². The number of hydrogen-bond donors (Lipinski definition) is 1. The Labute approximate surface area is 134 Å². The van der Waals surface area contributed by atoms with Crippen molar-refractivity contribution >= 4 is 15.7 Å². The highest BCUT2D eigenvalue weighted by molar-refractivity contribution is 6.92. The average molecular weight is 318 g/mol. The molecule has 2 atom stereocenters. The number of hydrogen-bond acceptors (Lipinski definition) is 3. The topological polar surface area (TPSA) is 46.5 Å². The van der Waals surface area contributed by atoms with E-state index in [1.807, 2.05) is 51.1 Å². The lowest BCUT2D eigenvalue weighted by Gasteiger charge is -2.26. The molecule has 0 aliphatic rings. The van der Waals surface area contributed by atoms with E-state index in [1.165, 1.54) is 0 Å². The summed E-state index contributed by atoms with van der Waals surface area (Å²) in [5, 5.41) is 9.39. The fraction of sp³-hybridized carbons (Fsp3) is 0.278. The molecule has 0 heterocycles. The molecule has 0 saturated carbocycles. The van der Waals surface area contributed by atoms with E-state index in [0.717, 1.165) is 16.7 Å². The van der Waals surface area contributed by atoms with Crippen molar-refractivity contribution in [1.29, 1.82) is 0 Å². The third kappa shape index (κ3) is 3.27. The van der Waals surface area contributed by atoms with Crippen molar-refractivity contribution in [1.82, 2.24) is 0 Å². The van der Waals surface area contributed by atoms with Crippen LogP contribution in [0.15, 0.2) is 42.5 Å². The van der Waals surface area contributed by atoms with Gasteiger partial charge in [0.1, 0.15) is 0 Å². The maximum absolute atomic E-state index is 13.0. The van der Waals surface area contributed by atoms with Crippen LogP contribution in [0, 0.1) is 20.8 Å². The lowest BCUT2D eigenvalue weighted by molar-refractivity contribution is -0.304. The SMILES string of the molecule is Cc1cc(C)c(C(=O)C(C)(OO)c2ccccc2)c(C)c1.P. The maximum atomic E-state index is 13.0. The third-order valence-electron chi connectivity index (χ3n) is 3.84. The summed E-state index contributed by atoms with van der Waals surface area (Å²) >= 11 is 0. The highest BCUT2D eigenvalue weighted by atomic mass is 31.0. The molecule has 118 valence electrons. The summed E-state index contributed by atoms with van der Waals surface area (Å²) in [6, 6.07) is 12.9. The Hall–Kier alpha value is -1.54. The van der Waals surface area contributed by atoms with Gasteiger partial charge in [-0.05, 0) is 44.4 Å². The van der Waals surface area contributed by atoms with Crippen LogP contribution >= 0.6 is 9.90 Å². The van der Waals surface area contributed by atoms with Gasteiger partial charge in [0.2, 0.25) is 5.78 Å². The zero-order valence-corrected chi connectivity index (χ0v) is 14.9. The summed E-state index contributed by atoms with van der Waals surface area (Å²) in [7, 11) is 0. The highest BCUT2D eigenvalue weighted by Gasteiger charge is 2.39. The quantitative estimate of drug-likeness (QED) is 0.396. The molecule has 3 nitrogen and oxygen atoms in total. The van der Waals surface area contributed by atoms with Gasteiger partial charge in [0, 0.05) is 5.56 Å². The Bertz CT molecular complexity index is 644. The van der Waals surface area contributed by atoms with E-state index in [1.54, 1.807) is 19.1 Å². The molecule has 0 amide bonds. The van der Waals surface area contributed by atoms with E-state index >= 15 is 0 Å². The van der Waals surface area contributed by atoms with Crippen molar-refractivity contribution in [2.24, 2.45) is 0 Å². The zero-order valence-electron chi connectivity index (χ0n) is 13.5. The van der Waals surface area contributed by atoms with Crippen LogP contribution in [0.25, 0.3) is 0 Å². The van der Waals surface area contributed by atoms with Crippen LogP contribution in [0.5, 0.6) is 0 Å². The summed E-state index contributed by atoms with van der Waals surface area (Å²) in [5.41, 5.74) is 2.69. The molecule has 2 rings (SSSR count). The van der Waals surface area contributed by atoms with Gasteiger partial charge in [0.15, 0.2) is 5.60 Å². The van der Waals surface area contributed by atoms with Crippen molar-refractivity contribution in [3.8, 4) is 0 Å². The fourth-order valence-electron chi connectivity index (χ4n) is 2.76. The van der Waals surface area contributed by atoms with Crippen molar-refractivity contribution in [3.05, 3.63) is 70.3 Å². The molecular formula is C18H23O3P. The van der Waals surface area contributed by atoms with E-state index in [-0.39, 0.29) is 15.7 Å². The molecule has 22 heavy (non-hydrogen) atoms. The molecule has 2 aromatic rings. The summed E-state index contributed by atoms with van der Waals surface area (Å²) < 4.78 is 0. The number of rotatable bonds is 4. The predicted molar refractivity (Wildman–Crippen MR) is 93.6 cm³/mol. The fourth-order valence-corrected chi connectivity index (χ4v) is 2.76. The second-order valence-electron chi connectivity index (χ2n) is 5.59. The molecule has 0 fully saturated rings. The molecule has 1 N–H and O–H groups in total. The Kier molecular flexibility index (Phi) is 6.01. The summed E-state index contributed by atoms with van der Waals surface area (Å²) in [4.78, 5) is 17.6. The van der Waals surface area contributed by atoms with Gasteiger partial charge < -0.3 is 0 Å². The number of ketones is 1. The second-order valence-corrected chi connectivity index (χ2v) is 5.59. The molecule has 4 heteroatoms. The smallest absolute Gasteiger partial charge is 0.202 e. The highest BCUT2D eigenvalue weighted by Crippen LogP contribution is 2.31. The van der Waals surface area contributed by atoms with Gasteiger partial charge >= 0.3 is 0 Å². The van der Waals surface area contributed by atoms with Crippen LogP contribution in [0.3, 0.4) is 0 Å². The van der Waals surface area contributed by atoms with Crippen molar-refractivity contribution in [3.63, 3.8) is 0 Å². The predicted octanol–water partition coefficient (Wildman–Crippen LogP) is 4.26. The van der Waals surface area contributed by atoms with Gasteiger partial charge in [0.25, 0.3) is 0 Å². The number of carbonyl (C=O) groups is 1. The minimum atomic E-state index is -1.41. The first-order valence-corrected chi connectivity index (χ1v) is 6.91. The van der Waals surface area contributed by atoms with Crippen molar-refractivity contribution in [2.75, 3.05) is 0 Å². The number of Topliss-reactive ketones (excluding diaryl/α,β-unsaturated/α-hetero) is 1. The normalized spacial score (nSPS) is 13.1. The van der Waals surface area contributed by atoms with Crippen molar-refractivity contribution < 1.29 is 14.9 Å². The van der Waals surface area contributed by atoms with Gasteiger partial charge in [0.05, 0.1) is 0 Å². The van der Waals surface area contributed by atoms with E-state index in [2.05, 4.69) is 4.89 Å². The zero-order chi connectivity index (χ0) is 15.6. The van der Waals surface area contributed by atoms with Crippen LogP contribution in [0.2, 0.25) is 0 Å². The van der Waals surface area contributed by atoms with Gasteiger partial charge in [-0.2, -0.15) is 9.90 Å². The molecular weight excluding hydrogens is 295 g/mol. The van der Waals surface area contributed by atoms with Crippen LogP contribution in [-0.4, -0.2) is 11.0 Å². The van der Waals surface area contributed by atoms with Crippen LogP contribution in [0.4, 0.5) is 0 Å². The van der Waals surface area contributed by atoms with Crippen molar-refractivity contribution in [2.45, 2.75) is 33.3 Å². The first kappa shape index (κ1) is 18.5. The van der Waals surface area contributed by atoms with E-state index in [4.69, 9.17) is 0 Å². The molecule has 0 bridgehead atoms. The van der Waals surface area contributed by atoms with E-state index in [0.29, 0.717) is 11.1 Å². The molecule has 2 aromatic carbocycles. The molecule has 0 aromatic heterocycles. The first-order valence-electron chi connectivity index (χ1n) is 6.91. The second kappa shape index (κ2) is 7.15. The molecule has 0 aliphatic heterocycles. The Balaban J connectivity index is 0.00000242. The number of carbonyl (C=O) groups excluding carboxylic acids is 1. The molecule has 2 unspecified atom stereocenters. The van der Waals surface area contributed by atoms with Gasteiger partial charge in [-0.1, -0.05) is 48.0 Å². The molecule has 0 aliphatic carbocycles. The first-order chi connectivity index (χ1) is 9.90. The van der Waals surface area contributed by atoms with Gasteiger partial charge in [-0.25, -0.2) is 4.89 Å². The largest absolute Gasteiger partial charge is 0.290 e. The van der Waals surface area contributed by atoms with E-state index < -0.39 is 5.60 Å². The average Bonchev–Trinajstić information content (AvgIpc) is 2.46. The van der Waals surface area contributed by atoms with Gasteiger partial charge in [-0.15, -0.1) is 0 Å². The number of aryl methyl sites for hydroxylation is 3. The summed E-state index contributed by atoms with van der Waals surface area (Å²) in [6.07, 6.45) is 0. The molecule has 0 spiro atoms. The Morgan fingerprint density at radius 3 is 2.00 bits per heavy atom. The minimum Gasteiger partial charge on any atom is -0.290 e. The summed E-state index contributed by atoms with van der Waals surface area (Å²) in [6.45, 7) is 7.38. The minimum absolute atomic E-state index is 0. The lowest BCUT2D eigenvalue weighted by atomic mass is 9.84. The number of benzene rings is 2. The third-order valence-corrected chi connectivity index (χ3v) is 3.84. The maximum Gasteiger partial charge on any atom is 0.202 e. The Morgan fingerprint density at radius 2 is 1.55 bits per heavy atom. The van der Waals surface area contributed by atoms with Gasteiger partial charge in [-0.3, -0.25) is 10.1 Å². The van der Waals surface area contributed by atoms with Crippen LogP contribution < -0.4 is 0 Å². The van der Waals surface area contributed by atoms with Crippen LogP contribution in [-0.2, 0) is 10.5 Å². The van der Waals surface area contributed by atoms with Crippen LogP contribution in [0.1, 0.15) is 39.5 Å². The monoisotopic (exact) mass is 318 g/mol.